The molecule has 1 heterocycles. The summed E-state index contributed by atoms with van der Waals surface area (Å²) in [5.41, 5.74) is 0.824. The van der Waals surface area contributed by atoms with Gasteiger partial charge in [0.2, 0.25) is 0 Å². The molecular formula is C15H21NO3. The zero-order chi connectivity index (χ0) is 14.0. The van der Waals surface area contributed by atoms with Crippen LogP contribution >= 0.6 is 0 Å². The molecule has 0 amide bonds. The van der Waals surface area contributed by atoms with Crippen molar-refractivity contribution in [2.24, 2.45) is 5.92 Å². The van der Waals surface area contributed by atoms with Gasteiger partial charge in [-0.2, -0.15) is 0 Å². The molecule has 0 saturated carbocycles. The van der Waals surface area contributed by atoms with Crippen LogP contribution in [-0.2, 0) is 4.79 Å². The van der Waals surface area contributed by atoms with E-state index < -0.39 is 12.0 Å². The summed E-state index contributed by atoms with van der Waals surface area (Å²) in [5, 5.41) is 19.4. The van der Waals surface area contributed by atoms with Gasteiger partial charge in [0, 0.05) is 11.6 Å². The fraction of sp³-hybridized carbons (Fsp3) is 0.533. The lowest BCUT2D eigenvalue weighted by molar-refractivity contribution is -0.144. The first-order chi connectivity index (χ1) is 9.06. The van der Waals surface area contributed by atoms with Gasteiger partial charge >= 0.3 is 5.97 Å². The van der Waals surface area contributed by atoms with Gasteiger partial charge in [-0.3, -0.25) is 9.69 Å². The van der Waals surface area contributed by atoms with Crippen LogP contribution in [0.1, 0.15) is 38.3 Å². The maximum absolute atomic E-state index is 11.5. The molecule has 1 aliphatic heterocycles. The van der Waals surface area contributed by atoms with Crippen LogP contribution in [-0.4, -0.2) is 33.7 Å². The molecule has 1 fully saturated rings. The first kappa shape index (κ1) is 13.9. The number of carbonyl (C=O) groups is 1. The van der Waals surface area contributed by atoms with Crippen molar-refractivity contribution >= 4 is 5.97 Å². The zero-order valence-corrected chi connectivity index (χ0v) is 11.4. The summed E-state index contributed by atoms with van der Waals surface area (Å²) < 4.78 is 0. The Morgan fingerprint density at radius 2 is 2.16 bits per heavy atom. The van der Waals surface area contributed by atoms with Crippen molar-refractivity contribution in [1.82, 2.24) is 4.90 Å². The fourth-order valence-corrected chi connectivity index (χ4v) is 3.11. The Bertz CT molecular complexity index is 460. The number of hydrogen-bond acceptors (Lipinski definition) is 3. The molecule has 0 radical (unpaired) electrons. The molecule has 1 aromatic carbocycles. The molecule has 19 heavy (non-hydrogen) atoms. The van der Waals surface area contributed by atoms with Crippen molar-refractivity contribution in [1.29, 1.82) is 0 Å². The number of carboxylic acid groups (broad SMARTS) is 1. The second-order valence-corrected chi connectivity index (χ2v) is 5.27. The first-order valence-electron chi connectivity index (χ1n) is 6.82. The summed E-state index contributed by atoms with van der Waals surface area (Å²) in [5.74, 6) is -0.366. The van der Waals surface area contributed by atoms with Crippen LogP contribution in [0.3, 0.4) is 0 Å². The number of hydrogen-bond donors (Lipinski definition) is 2. The van der Waals surface area contributed by atoms with Crippen LogP contribution in [0.15, 0.2) is 24.3 Å². The molecule has 0 aromatic heterocycles. The molecule has 0 aliphatic carbocycles. The van der Waals surface area contributed by atoms with Crippen LogP contribution in [0.4, 0.5) is 0 Å². The van der Waals surface area contributed by atoms with Crippen LogP contribution in [0.25, 0.3) is 0 Å². The van der Waals surface area contributed by atoms with Crippen LogP contribution in [0.2, 0.25) is 0 Å². The number of likely N-dealkylation sites (tertiary alicyclic amines) is 1. The predicted octanol–water partition coefficient (Wildman–Crippen LogP) is 2.64. The SMILES string of the molecule is CCC(c1ccccc1O)N1CCC(C)C1C(=O)O. The van der Waals surface area contributed by atoms with Gasteiger partial charge in [0.05, 0.1) is 0 Å². The minimum atomic E-state index is -0.765. The van der Waals surface area contributed by atoms with Crippen molar-refractivity contribution in [3.05, 3.63) is 29.8 Å². The molecule has 1 aliphatic rings. The van der Waals surface area contributed by atoms with Crippen LogP contribution in [0, 0.1) is 5.92 Å². The monoisotopic (exact) mass is 263 g/mol. The fourth-order valence-electron chi connectivity index (χ4n) is 3.11. The zero-order valence-electron chi connectivity index (χ0n) is 11.4. The molecule has 1 saturated heterocycles. The van der Waals surface area contributed by atoms with E-state index in [0.29, 0.717) is 0 Å². The molecule has 4 heteroatoms. The van der Waals surface area contributed by atoms with Gasteiger partial charge in [-0.05, 0) is 31.4 Å². The standard InChI is InChI=1S/C15H21NO3/c1-3-12(11-6-4-5-7-13(11)17)16-9-8-10(2)14(16)15(18)19/h4-7,10,12,14,17H,3,8-9H2,1-2H3,(H,18,19). The van der Waals surface area contributed by atoms with Crippen molar-refractivity contribution in [3.63, 3.8) is 0 Å². The largest absolute Gasteiger partial charge is 0.508 e. The van der Waals surface area contributed by atoms with Gasteiger partial charge < -0.3 is 10.2 Å². The number of phenols is 1. The Morgan fingerprint density at radius 3 is 2.74 bits per heavy atom. The van der Waals surface area contributed by atoms with E-state index in [2.05, 4.69) is 0 Å². The molecular weight excluding hydrogens is 242 g/mol. The minimum Gasteiger partial charge on any atom is -0.508 e. The van der Waals surface area contributed by atoms with Crippen molar-refractivity contribution in [3.8, 4) is 5.75 Å². The lowest BCUT2D eigenvalue weighted by Crippen LogP contribution is -2.41. The lowest BCUT2D eigenvalue weighted by atomic mass is 9.98. The van der Waals surface area contributed by atoms with E-state index in [0.717, 1.165) is 24.9 Å². The van der Waals surface area contributed by atoms with E-state index in [1.165, 1.54) is 0 Å². The number of aliphatic carboxylic acids is 1. The van der Waals surface area contributed by atoms with Gasteiger partial charge in [-0.15, -0.1) is 0 Å². The number of para-hydroxylation sites is 1. The quantitative estimate of drug-likeness (QED) is 0.876. The molecule has 2 rings (SSSR count). The van der Waals surface area contributed by atoms with E-state index >= 15 is 0 Å². The third kappa shape index (κ3) is 2.59. The van der Waals surface area contributed by atoms with Crippen molar-refractivity contribution in [2.45, 2.75) is 38.8 Å². The predicted molar refractivity (Wildman–Crippen MR) is 73.0 cm³/mol. The average molecular weight is 263 g/mol. The number of aromatic hydroxyl groups is 1. The number of phenolic OH excluding ortho intramolecular Hbond substituents is 1. The van der Waals surface area contributed by atoms with E-state index in [-0.39, 0.29) is 17.7 Å². The number of carboxylic acids is 1. The number of rotatable bonds is 4. The Balaban J connectivity index is 2.32. The minimum absolute atomic E-state index is 0.0350. The second-order valence-electron chi connectivity index (χ2n) is 5.27. The Hall–Kier alpha value is -1.55. The highest BCUT2D eigenvalue weighted by Crippen LogP contribution is 2.37. The van der Waals surface area contributed by atoms with Gasteiger partial charge in [-0.25, -0.2) is 0 Å². The normalized spacial score (nSPS) is 25.4. The van der Waals surface area contributed by atoms with E-state index in [4.69, 9.17) is 0 Å². The maximum Gasteiger partial charge on any atom is 0.321 e. The average Bonchev–Trinajstić information content (AvgIpc) is 2.75. The summed E-state index contributed by atoms with van der Waals surface area (Å²) in [4.78, 5) is 13.5. The van der Waals surface area contributed by atoms with Gasteiger partial charge in [0.1, 0.15) is 11.8 Å². The number of benzene rings is 1. The summed E-state index contributed by atoms with van der Waals surface area (Å²) in [7, 11) is 0. The van der Waals surface area contributed by atoms with Gasteiger partial charge in [0.25, 0.3) is 0 Å². The molecule has 2 N–H and O–H groups in total. The highest BCUT2D eigenvalue weighted by Gasteiger charge is 2.40. The Kier molecular flexibility index (Phi) is 4.10. The highest BCUT2D eigenvalue weighted by atomic mass is 16.4. The van der Waals surface area contributed by atoms with E-state index in [1.807, 2.05) is 30.9 Å². The van der Waals surface area contributed by atoms with Gasteiger partial charge in [-0.1, -0.05) is 32.0 Å². The summed E-state index contributed by atoms with van der Waals surface area (Å²) in [6.45, 7) is 4.78. The summed E-state index contributed by atoms with van der Waals surface area (Å²) >= 11 is 0. The molecule has 3 unspecified atom stereocenters. The third-order valence-electron chi connectivity index (χ3n) is 4.07. The van der Waals surface area contributed by atoms with Crippen molar-refractivity contribution < 1.29 is 15.0 Å². The van der Waals surface area contributed by atoms with Crippen LogP contribution < -0.4 is 0 Å². The maximum atomic E-state index is 11.5. The second kappa shape index (κ2) is 5.61. The Labute approximate surface area is 113 Å². The summed E-state index contributed by atoms with van der Waals surface area (Å²) in [6.07, 6.45) is 1.68. The van der Waals surface area contributed by atoms with E-state index in [1.54, 1.807) is 12.1 Å². The number of nitrogens with zero attached hydrogens (tertiary/aromatic N) is 1. The molecule has 0 bridgehead atoms. The molecule has 0 spiro atoms. The van der Waals surface area contributed by atoms with Crippen molar-refractivity contribution in [2.75, 3.05) is 6.54 Å². The summed E-state index contributed by atoms with van der Waals surface area (Å²) in [6, 6.07) is 6.72. The third-order valence-corrected chi connectivity index (χ3v) is 4.07. The first-order valence-corrected chi connectivity index (χ1v) is 6.82. The molecule has 1 aromatic rings. The van der Waals surface area contributed by atoms with Gasteiger partial charge in [0.15, 0.2) is 0 Å². The highest BCUT2D eigenvalue weighted by molar-refractivity contribution is 5.74. The Morgan fingerprint density at radius 1 is 1.47 bits per heavy atom. The molecule has 3 atom stereocenters. The lowest BCUT2D eigenvalue weighted by Gasteiger charge is -2.32. The van der Waals surface area contributed by atoms with E-state index in [9.17, 15) is 15.0 Å². The molecule has 104 valence electrons. The van der Waals surface area contributed by atoms with Crippen LogP contribution in [0.5, 0.6) is 5.75 Å². The molecule has 4 nitrogen and oxygen atoms in total. The smallest absolute Gasteiger partial charge is 0.321 e. The topological polar surface area (TPSA) is 60.8 Å².